The average Bonchev–Trinajstić information content (AvgIpc) is 2.43. The Morgan fingerprint density at radius 1 is 0.895 bits per heavy atom. The highest BCUT2D eigenvalue weighted by Crippen LogP contribution is 2.31. The summed E-state index contributed by atoms with van der Waals surface area (Å²) in [7, 11) is -0.162. The van der Waals surface area contributed by atoms with Crippen LogP contribution < -0.4 is 0 Å². The van der Waals surface area contributed by atoms with E-state index in [1.54, 1.807) is 0 Å². The minimum Gasteiger partial charge on any atom is -0.328 e. The largest absolute Gasteiger partial charge is 0.329 e. The second-order valence-corrected chi connectivity index (χ2v) is 7.02. The molecule has 0 aromatic rings. The number of rotatable bonds is 15. The maximum Gasteiger partial charge on any atom is 0.329 e. The van der Waals surface area contributed by atoms with Gasteiger partial charge in [0, 0.05) is 7.11 Å². The number of hydrogen-bond donors (Lipinski definition) is 1. The van der Waals surface area contributed by atoms with E-state index in [0.717, 1.165) is 12.8 Å². The number of thioether (sulfide) groups is 1. The predicted octanol–water partition coefficient (Wildman–Crippen LogP) is 5.13. The molecule has 0 aliphatic rings. The van der Waals surface area contributed by atoms with Crippen LogP contribution in [0.5, 0.6) is 0 Å². The Labute approximate surface area is 124 Å². The van der Waals surface area contributed by atoms with E-state index in [-0.39, 0.29) is 0 Å². The zero-order valence-electron chi connectivity index (χ0n) is 12.6. The van der Waals surface area contributed by atoms with E-state index in [1.165, 1.54) is 63.6 Å². The highest BCUT2D eigenvalue weighted by Gasteiger charge is 2.01. The molecule has 0 bridgehead atoms. The van der Waals surface area contributed by atoms with Crippen LogP contribution in [0.4, 0.5) is 0 Å². The Balaban J connectivity index is 2.95. The van der Waals surface area contributed by atoms with Crippen LogP contribution in [-0.4, -0.2) is 30.1 Å². The van der Waals surface area contributed by atoms with Crippen molar-refractivity contribution in [3.63, 3.8) is 0 Å². The zero-order chi connectivity index (χ0) is 14.2. The molecule has 19 heavy (non-hydrogen) atoms. The molecule has 0 aliphatic heterocycles. The minimum atomic E-state index is -1.62. The summed E-state index contributed by atoms with van der Waals surface area (Å²) < 4.78 is 9.72. The molecule has 1 N–H and O–H groups in total. The highest BCUT2D eigenvalue weighted by atomic mass is 32.2. The van der Waals surface area contributed by atoms with Gasteiger partial charge in [-0.1, -0.05) is 45.4 Å². The highest BCUT2D eigenvalue weighted by molar-refractivity contribution is 7.99. The third-order valence-electron chi connectivity index (χ3n) is 2.93. The van der Waals surface area contributed by atoms with Gasteiger partial charge >= 0.3 is 8.60 Å². The molecule has 0 amide bonds. The summed E-state index contributed by atoms with van der Waals surface area (Å²) >= 11 is 2.04. The summed E-state index contributed by atoms with van der Waals surface area (Å²) in [5, 5.41) is 0. The van der Waals surface area contributed by atoms with Crippen molar-refractivity contribution in [2.45, 2.75) is 64.7 Å². The van der Waals surface area contributed by atoms with Crippen LogP contribution in [0.1, 0.15) is 64.7 Å². The van der Waals surface area contributed by atoms with Gasteiger partial charge in [0.1, 0.15) is 0 Å². The summed E-state index contributed by atoms with van der Waals surface area (Å²) in [6.45, 7) is 2.87. The first kappa shape index (κ1) is 19.7. The van der Waals surface area contributed by atoms with Gasteiger partial charge < -0.3 is 13.9 Å². The van der Waals surface area contributed by atoms with Crippen molar-refractivity contribution in [3.8, 4) is 0 Å². The molecule has 0 aromatic carbocycles. The van der Waals surface area contributed by atoms with Crippen LogP contribution in [0.2, 0.25) is 0 Å². The summed E-state index contributed by atoms with van der Waals surface area (Å²) in [4.78, 5) is 9.05. The van der Waals surface area contributed by atoms with Gasteiger partial charge in [-0.15, -0.1) is 0 Å². The molecule has 0 saturated carbocycles. The normalized spacial score (nSPS) is 12.8. The van der Waals surface area contributed by atoms with Crippen molar-refractivity contribution in [2.24, 2.45) is 0 Å². The van der Waals surface area contributed by atoms with Crippen molar-refractivity contribution < 1.29 is 13.9 Å². The average molecular weight is 310 g/mol. The lowest BCUT2D eigenvalue weighted by molar-refractivity contribution is 0.226. The molecule has 116 valence electrons. The molecule has 0 radical (unpaired) electrons. The van der Waals surface area contributed by atoms with E-state index in [4.69, 9.17) is 9.42 Å². The first-order valence-electron chi connectivity index (χ1n) is 7.55. The van der Waals surface area contributed by atoms with E-state index in [2.05, 4.69) is 11.4 Å². The fraction of sp³-hybridized carbons (Fsp3) is 1.00. The van der Waals surface area contributed by atoms with E-state index in [1.807, 2.05) is 11.8 Å². The summed E-state index contributed by atoms with van der Waals surface area (Å²) in [5.74, 6) is 2.49. The lowest BCUT2D eigenvalue weighted by Crippen LogP contribution is -1.92. The van der Waals surface area contributed by atoms with Crippen LogP contribution in [0.15, 0.2) is 0 Å². The van der Waals surface area contributed by atoms with Gasteiger partial charge in [0.15, 0.2) is 0 Å². The fourth-order valence-electron chi connectivity index (χ4n) is 1.76. The third kappa shape index (κ3) is 16.6. The molecular weight excluding hydrogens is 279 g/mol. The zero-order valence-corrected chi connectivity index (χ0v) is 14.3. The first-order chi connectivity index (χ1) is 9.31. The van der Waals surface area contributed by atoms with Crippen molar-refractivity contribution in [2.75, 3.05) is 25.2 Å². The van der Waals surface area contributed by atoms with Gasteiger partial charge in [0.2, 0.25) is 0 Å². The maximum atomic E-state index is 9.05. The molecule has 0 aliphatic carbocycles. The van der Waals surface area contributed by atoms with E-state index >= 15 is 0 Å². The van der Waals surface area contributed by atoms with Crippen LogP contribution in [-0.2, 0) is 9.05 Å². The SMILES string of the molecule is CCCCCCCCCSCCCCOP(O)OC. The molecule has 5 heteroatoms. The molecule has 0 aromatic heterocycles. The number of unbranched alkanes of at least 4 members (excludes halogenated alkanes) is 7. The molecule has 0 spiro atoms. The lowest BCUT2D eigenvalue weighted by Gasteiger charge is -2.07. The Morgan fingerprint density at radius 2 is 1.47 bits per heavy atom. The molecular formula is C14H31O3PS. The molecule has 3 nitrogen and oxygen atoms in total. The van der Waals surface area contributed by atoms with Gasteiger partial charge in [-0.05, 0) is 30.8 Å². The van der Waals surface area contributed by atoms with E-state index in [9.17, 15) is 0 Å². The van der Waals surface area contributed by atoms with Crippen molar-refractivity contribution in [1.29, 1.82) is 0 Å². The molecule has 0 heterocycles. The second-order valence-electron chi connectivity index (χ2n) is 4.69. The van der Waals surface area contributed by atoms with Gasteiger partial charge in [-0.3, -0.25) is 0 Å². The van der Waals surface area contributed by atoms with Gasteiger partial charge in [0.05, 0.1) is 6.61 Å². The van der Waals surface area contributed by atoms with Crippen molar-refractivity contribution >= 4 is 20.4 Å². The van der Waals surface area contributed by atoms with Crippen LogP contribution >= 0.6 is 20.4 Å². The standard InChI is InChI=1S/C14H31O3PS/c1-3-4-5-6-7-8-10-13-19-14-11-9-12-17-18(15)16-2/h15H,3-14H2,1-2H3. The van der Waals surface area contributed by atoms with Gasteiger partial charge in [-0.25, -0.2) is 0 Å². The first-order valence-corrected chi connectivity index (χ1v) is 9.83. The third-order valence-corrected chi connectivity index (χ3v) is 4.80. The monoisotopic (exact) mass is 310 g/mol. The van der Waals surface area contributed by atoms with Crippen molar-refractivity contribution in [3.05, 3.63) is 0 Å². The van der Waals surface area contributed by atoms with Crippen LogP contribution in [0, 0.1) is 0 Å². The second kappa shape index (κ2) is 16.7. The van der Waals surface area contributed by atoms with Gasteiger partial charge in [-0.2, -0.15) is 11.8 Å². The lowest BCUT2D eigenvalue weighted by atomic mass is 10.1. The molecule has 0 fully saturated rings. The minimum absolute atomic E-state index is 0.605. The van der Waals surface area contributed by atoms with Crippen molar-refractivity contribution in [1.82, 2.24) is 0 Å². The van der Waals surface area contributed by atoms with Gasteiger partial charge in [0.25, 0.3) is 0 Å². The topological polar surface area (TPSA) is 38.7 Å². The molecule has 1 atom stereocenters. The molecule has 1 unspecified atom stereocenters. The number of hydrogen-bond acceptors (Lipinski definition) is 4. The van der Waals surface area contributed by atoms with Crippen LogP contribution in [0.25, 0.3) is 0 Å². The Bertz CT molecular complexity index is 173. The quantitative estimate of drug-likeness (QED) is 0.336. The maximum absolute atomic E-state index is 9.05. The van der Waals surface area contributed by atoms with E-state index < -0.39 is 8.60 Å². The Morgan fingerprint density at radius 3 is 2.11 bits per heavy atom. The molecule has 0 rings (SSSR count). The fourth-order valence-corrected chi connectivity index (χ4v) is 3.18. The summed E-state index contributed by atoms with van der Waals surface area (Å²) in [6.07, 6.45) is 11.9. The smallest absolute Gasteiger partial charge is 0.328 e. The van der Waals surface area contributed by atoms with E-state index in [0.29, 0.717) is 6.61 Å². The van der Waals surface area contributed by atoms with Crippen LogP contribution in [0.3, 0.4) is 0 Å². The summed E-state index contributed by atoms with van der Waals surface area (Å²) in [5.41, 5.74) is 0. The summed E-state index contributed by atoms with van der Waals surface area (Å²) in [6, 6.07) is 0. The molecule has 0 saturated heterocycles. The predicted molar refractivity (Wildman–Crippen MR) is 86.7 cm³/mol. The Kier molecular flexibility index (Phi) is 17.3. The Hall–Kier alpha value is 0.660.